The fourth-order valence-electron chi connectivity index (χ4n) is 0.954. The van der Waals surface area contributed by atoms with Crippen molar-refractivity contribution >= 4 is 5.91 Å². The van der Waals surface area contributed by atoms with Gasteiger partial charge in [0, 0.05) is 19.7 Å². The van der Waals surface area contributed by atoms with Crippen molar-refractivity contribution in [2.24, 2.45) is 0 Å². The Balaban J connectivity index is 3.01. The second-order valence-corrected chi connectivity index (χ2v) is 3.10. The molecule has 0 fully saturated rings. The molecule has 0 aliphatic heterocycles. The largest absolute Gasteiger partial charge is 0.380 e. The molecule has 0 saturated heterocycles. The van der Waals surface area contributed by atoms with Gasteiger partial charge in [-0.05, 0) is 13.3 Å². The average molecular weight is 202 g/mol. The SMILES string of the molecule is CCCCOCCNCC(=O)NCC. The highest BCUT2D eigenvalue weighted by Crippen LogP contribution is 1.86. The molecule has 0 saturated carbocycles. The minimum atomic E-state index is 0.0426. The Labute approximate surface area is 86.4 Å². The Morgan fingerprint density at radius 2 is 2.07 bits per heavy atom. The first-order valence-corrected chi connectivity index (χ1v) is 5.36. The molecule has 0 aliphatic rings. The van der Waals surface area contributed by atoms with Crippen LogP contribution in [0.5, 0.6) is 0 Å². The molecule has 0 unspecified atom stereocenters. The number of amides is 1. The summed E-state index contributed by atoms with van der Waals surface area (Å²) in [7, 11) is 0. The first-order valence-electron chi connectivity index (χ1n) is 5.36. The van der Waals surface area contributed by atoms with Gasteiger partial charge >= 0.3 is 0 Å². The summed E-state index contributed by atoms with van der Waals surface area (Å²) < 4.78 is 5.32. The minimum Gasteiger partial charge on any atom is -0.380 e. The van der Waals surface area contributed by atoms with Gasteiger partial charge in [0.05, 0.1) is 13.2 Å². The molecule has 0 heterocycles. The van der Waals surface area contributed by atoms with Crippen molar-refractivity contribution < 1.29 is 9.53 Å². The van der Waals surface area contributed by atoms with E-state index in [0.29, 0.717) is 19.7 Å². The summed E-state index contributed by atoms with van der Waals surface area (Å²) in [5.74, 6) is 0.0426. The zero-order valence-electron chi connectivity index (χ0n) is 9.27. The molecule has 0 radical (unpaired) electrons. The number of unbranched alkanes of at least 4 members (excludes halogenated alkanes) is 1. The maximum absolute atomic E-state index is 11.0. The van der Waals surface area contributed by atoms with Crippen LogP contribution in [0, 0.1) is 0 Å². The third kappa shape index (κ3) is 9.48. The lowest BCUT2D eigenvalue weighted by Gasteiger charge is -2.05. The lowest BCUT2D eigenvalue weighted by molar-refractivity contribution is -0.120. The monoisotopic (exact) mass is 202 g/mol. The minimum absolute atomic E-state index is 0.0426. The topological polar surface area (TPSA) is 50.4 Å². The van der Waals surface area contributed by atoms with E-state index in [1.165, 1.54) is 0 Å². The molecule has 4 heteroatoms. The van der Waals surface area contributed by atoms with Gasteiger partial charge in [0.2, 0.25) is 5.91 Å². The number of rotatable bonds is 9. The summed E-state index contributed by atoms with van der Waals surface area (Å²) in [6, 6.07) is 0. The highest BCUT2D eigenvalue weighted by molar-refractivity contribution is 5.77. The van der Waals surface area contributed by atoms with Crippen LogP contribution in [-0.4, -0.2) is 38.8 Å². The molecule has 14 heavy (non-hydrogen) atoms. The highest BCUT2D eigenvalue weighted by atomic mass is 16.5. The second kappa shape index (κ2) is 10.5. The standard InChI is InChI=1S/C10H22N2O2/c1-3-5-7-14-8-6-11-9-10(13)12-4-2/h11H,3-9H2,1-2H3,(H,12,13). The van der Waals surface area contributed by atoms with Crippen LogP contribution in [0.1, 0.15) is 26.7 Å². The third-order valence-corrected chi connectivity index (χ3v) is 1.72. The Bertz CT molecular complexity index is 140. The van der Waals surface area contributed by atoms with Crippen molar-refractivity contribution in [1.29, 1.82) is 0 Å². The van der Waals surface area contributed by atoms with E-state index in [0.717, 1.165) is 26.0 Å². The molecule has 4 nitrogen and oxygen atoms in total. The molecule has 0 aliphatic carbocycles. The fraction of sp³-hybridized carbons (Fsp3) is 0.900. The molecular formula is C10H22N2O2. The van der Waals surface area contributed by atoms with Gasteiger partial charge < -0.3 is 15.4 Å². The average Bonchev–Trinajstić information content (AvgIpc) is 2.17. The predicted molar refractivity (Wildman–Crippen MR) is 57.3 cm³/mol. The molecule has 0 bridgehead atoms. The van der Waals surface area contributed by atoms with Crippen LogP contribution >= 0.6 is 0 Å². The Kier molecular flexibility index (Phi) is 10.0. The number of ether oxygens (including phenoxy) is 1. The Morgan fingerprint density at radius 1 is 1.29 bits per heavy atom. The van der Waals surface area contributed by atoms with Crippen LogP contribution in [0.15, 0.2) is 0 Å². The van der Waals surface area contributed by atoms with Crippen molar-refractivity contribution in [2.75, 3.05) is 32.8 Å². The zero-order valence-corrected chi connectivity index (χ0v) is 9.27. The first kappa shape index (κ1) is 13.4. The van der Waals surface area contributed by atoms with Gasteiger partial charge in [0.1, 0.15) is 0 Å². The summed E-state index contributed by atoms with van der Waals surface area (Å²) >= 11 is 0. The highest BCUT2D eigenvalue weighted by Gasteiger charge is 1.96. The maximum Gasteiger partial charge on any atom is 0.233 e. The van der Waals surface area contributed by atoms with E-state index >= 15 is 0 Å². The van der Waals surface area contributed by atoms with E-state index in [9.17, 15) is 4.79 Å². The molecule has 1 amide bonds. The fourth-order valence-corrected chi connectivity index (χ4v) is 0.954. The summed E-state index contributed by atoms with van der Waals surface area (Å²) in [6.07, 6.45) is 2.27. The summed E-state index contributed by atoms with van der Waals surface area (Å²) in [5, 5.41) is 5.72. The normalized spacial score (nSPS) is 10.1. The molecule has 0 aromatic carbocycles. The van der Waals surface area contributed by atoms with Gasteiger partial charge in [-0.2, -0.15) is 0 Å². The molecule has 0 rings (SSSR count). The first-order chi connectivity index (χ1) is 6.81. The molecule has 0 aromatic rings. The van der Waals surface area contributed by atoms with Crippen molar-refractivity contribution in [3.63, 3.8) is 0 Å². The lowest BCUT2D eigenvalue weighted by atomic mass is 10.4. The van der Waals surface area contributed by atoms with Gasteiger partial charge in [-0.15, -0.1) is 0 Å². The number of hydrogen-bond acceptors (Lipinski definition) is 3. The number of likely N-dealkylation sites (N-methyl/N-ethyl adjacent to an activating group) is 1. The van der Waals surface area contributed by atoms with Crippen molar-refractivity contribution in [2.45, 2.75) is 26.7 Å². The van der Waals surface area contributed by atoms with Crippen LogP contribution in [0.2, 0.25) is 0 Å². The third-order valence-electron chi connectivity index (χ3n) is 1.72. The van der Waals surface area contributed by atoms with E-state index in [1.807, 2.05) is 6.92 Å². The lowest BCUT2D eigenvalue weighted by Crippen LogP contribution is -2.35. The van der Waals surface area contributed by atoms with Gasteiger partial charge in [0.25, 0.3) is 0 Å². The Morgan fingerprint density at radius 3 is 2.71 bits per heavy atom. The number of carbonyl (C=O) groups excluding carboxylic acids is 1. The zero-order chi connectivity index (χ0) is 10.6. The van der Waals surface area contributed by atoms with E-state index in [-0.39, 0.29) is 5.91 Å². The second-order valence-electron chi connectivity index (χ2n) is 3.10. The smallest absolute Gasteiger partial charge is 0.233 e. The van der Waals surface area contributed by atoms with Gasteiger partial charge in [-0.3, -0.25) is 4.79 Å². The van der Waals surface area contributed by atoms with Gasteiger partial charge in [0.15, 0.2) is 0 Å². The van der Waals surface area contributed by atoms with Crippen LogP contribution in [0.4, 0.5) is 0 Å². The van der Waals surface area contributed by atoms with E-state index in [4.69, 9.17) is 4.74 Å². The van der Waals surface area contributed by atoms with Crippen molar-refractivity contribution in [3.8, 4) is 0 Å². The molecule has 84 valence electrons. The van der Waals surface area contributed by atoms with Crippen molar-refractivity contribution in [3.05, 3.63) is 0 Å². The van der Waals surface area contributed by atoms with Crippen LogP contribution in [-0.2, 0) is 9.53 Å². The van der Waals surface area contributed by atoms with E-state index < -0.39 is 0 Å². The van der Waals surface area contributed by atoms with Crippen LogP contribution < -0.4 is 10.6 Å². The summed E-state index contributed by atoms with van der Waals surface area (Å²) in [5.41, 5.74) is 0. The molecular weight excluding hydrogens is 180 g/mol. The van der Waals surface area contributed by atoms with E-state index in [2.05, 4.69) is 17.6 Å². The quantitative estimate of drug-likeness (QED) is 0.536. The van der Waals surface area contributed by atoms with Crippen LogP contribution in [0.25, 0.3) is 0 Å². The predicted octanol–water partition coefficient (Wildman–Crippen LogP) is 0.529. The Hall–Kier alpha value is -0.610. The maximum atomic E-state index is 11.0. The number of hydrogen-bond donors (Lipinski definition) is 2. The molecule has 0 atom stereocenters. The van der Waals surface area contributed by atoms with Gasteiger partial charge in [-0.1, -0.05) is 13.3 Å². The van der Waals surface area contributed by atoms with E-state index in [1.54, 1.807) is 0 Å². The van der Waals surface area contributed by atoms with Crippen molar-refractivity contribution in [1.82, 2.24) is 10.6 Å². The molecule has 0 aromatic heterocycles. The number of nitrogens with one attached hydrogen (secondary N) is 2. The number of carbonyl (C=O) groups is 1. The molecule has 0 spiro atoms. The summed E-state index contributed by atoms with van der Waals surface area (Å²) in [6.45, 7) is 7.35. The van der Waals surface area contributed by atoms with Gasteiger partial charge in [-0.25, -0.2) is 0 Å². The van der Waals surface area contributed by atoms with Crippen LogP contribution in [0.3, 0.4) is 0 Å². The molecule has 2 N–H and O–H groups in total. The summed E-state index contributed by atoms with van der Waals surface area (Å²) in [4.78, 5) is 11.0.